The van der Waals surface area contributed by atoms with Crippen LogP contribution in [0.25, 0.3) is 11.3 Å². The number of anilines is 2. The van der Waals surface area contributed by atoms with Crippen LogP contribution in [0.5, 0.6) is 0 Å². The lowest BCUT2D eigenvalue weighted by atomic mass is 10.1. The van der Waals surface area contributed by atoms with E-state index in [0.717, 1.165) is 33.2 Å². The monoisotopic (exact) mass is 469 g/mol. The highest BCUT2D eigenvalue weighted by Crippen LogP contribution is 2.24. The van der Waals surface area contributed by atoms with Gasteiger partial charge in [-0.1, -0.05) is 30.3 Å². The van der Waals surface area contributed by atoms with E-state index in [4.69, 9.17) is 0 Å². The van der Waals surface area contributed by atoms with Crippen LogP contribution in [-0.4, -0.2) is 19.3 Å². The van der Waals surface area contributed by atoms with Gasteiger partial charge >= 0.3 is 0 Å². The molecule has 6 nitrogen and oxygen atoms in total. The molecule has 0 spiro atoms. The largest absolute Gasteiger partial charge is 0.326 e. The van der Waals surface area contributed by atoms with Gasteiger partial charge < -0.3 is 5.32 Å². The molecule has 0 unspecified atom stereocenters. The van der Waals surface area contributed by atoms with Crippen molar-refractivity contribution in [1.29, 1.82) is 0 Å². The Hall–Kier alpha value is -3.01. The van der Waals surface area contributed by atoms with Gasteiger partial charge in [-0.05, 0) is 48.2 Å². The molecule has 2 N–H and O–H groups in total. The molecule has 4 aromatic rings. The molecule has 0 radical (unpaired) electrons. The first kappa shape index (κ1) is 21.2. The van der Waals surface area contributed by atoms with Gasteiger partial charge in [0.25, 0.3) is 10.0 Å². The lowest BCUT2D eigenvalue weighted by Gasteiger charge is -2.09. The van der Waals surface area contributed by atoms with Crippen molar-refractivity contribution >= 4 is 50.0 Å². The summed E-state index contributed by atoms with van der Waals surface area (Å²) in [6.07, 6.45) is 0.179. The van der Waals surface area contributed by atoms with Crippen LogP contribution in [0.2, 0.25) is 0 Å². The third-order valence-electron chi connectivity index (χ3n) is 4.39. The quantitative estimate of drug-likeness (QED) is 0.391. The number of amides is 1. The molecule has 9 heteroatoms. The summed E-state index contributed by atoms with van der Waals surface area (Å²) < 4.78 is 27.4. The highest BCUT2D eigenvalue weighted by atomic mass is 32.2. The van der Waals surface area contributed by atoms with Crippen LogP contribution >= 0.6 is 22.7 Å². The number of nitrogens with one attached hydrogen (secondary N) is 2. The molecule has 0 atom stereocenters. The number of hydrogen-bond donors (Lipinski definition) is 2. The summed E-state index contributed by atoms with van der Waals surface area (Å²) in [7, 11) is -3.59. The Morgan fingerprint density at radius 2 is 1.81 bits per heavy atom. The van der Waals surface area contributed by atoms with E-state index in [2.05, 4.69) is 15.0 Å². The van der Waals surface area contributed by atoms with E-state index in [0.29, 0.717) is 11.4 Å². The highest BCUT2D eigenvalue weighted by molar-refractivity contribution is 7.94. The first-order valence-corrected chi connectivity index (χ1v) is 12.6. The standard InChI is InChI=1S/C22H19N3O3S3/c1-15-23-20(14-30-15)17-4-2-5-19(13-17)24-21(26)12-16-7-9-18(10-8-16)25-31(27,28)22-6-3-11-29-22/h2-11,13-14,25H,12H2,1H3,(H,24,26). The van der Waals surface area contributed by atoms with E-state index in [9.17, 15) is 13.2 Å². The highest BCUT2D eigenvalue weighted by Gasteiger charge is 2.15. The molecule has 158 valence electrons. The van der Waals surface area contributed by atoms with Gasteiger partial charge in [-0.2, -0.15) is 0 Å². The second-order valence-corrected chi connectivity index (χ2v) is 10.7. The molecule has 0 aliphatic heterocycles. The molecule has 0 aliphatic carbocycles. The van der Waals surface area contributed by atoms with Crippen molar-refractivity contribution < 1.29 is 13.2 Å². The molecule has 4 rings (SSSR count). The van der Waals surface area contributed by atoms with Gasteiger partial charge in [0.15, 0.2) is 0 Å². The third kappa shape index (κ3) is 5.38. The van der Waals surface area contributed by atoms with Crippen LogP contribution < -0.4 is 10.0 Å². The summed E-state index contributed by atoms with van der Waals surface area (Å²) >= 11 is 2.74. The Balaban J connectivity index is 1.38. The summed E-state index contributed by atoms with van der Waals surface area (Å²) in [5.41, 5.74) is 3.77. The minimum Gasteiger partial charge on any atom is -0.326 e. The molecule has 2 heterocycles. The Kier molecular flexibility index (Phi) is 6.17. The van der Waals surface area contributed by atoms with Crippen molar-refractivity contribution in [3.63, 3.8) is 0 Å². The third-order valence-corrected chi connectivity index (χ3v) is 7.94. The molecule has 2 aromatic carbocycles. The summed E-state index contributed by atoms with van der Waals surface area (Å²) in [4.78, 5) is 16.9. The van der Waals surface area contributed by atoms with Gasteiger partial charge in [-0.3, -0.25) is 9.52 Å². The van der Waals surface area contributed by atoms with E-state index in [-0.39, 0.29) is 16.5 Å². The number of hydrogen-bond acceptors (Lipinski definition) is 6. The predicted molar refractivity (Wildman–Crippen MR) is 126 cm³/mol. The Bertz CT molecular complexity index is 1300. The number of rotatable bonds is 7. The number of thiazole rings is 1. The zero-order chi connectivity index (χ0) is 21.8. The molecule has 1 amide bonds. The first-order chi connectivity index (χ1) is 14.9. The van der Waals surface area contributed by atoms with Crippen LogP contribution in [0.1, 0.15) is 10.6 Å². The topological polar surface area (TPSA) is 88.2 Å². The van der Waals surface area contributed by atoms with Gasteiger partial charge in [0.05, 0.1) is 17.1 Å². The normalized spacial score (nSPS) is 11.3. The number of nitrogens with zero attached hydrogens (tertiary/aromatic N) is 1. The van der Waals surface area contributed by atoms with Crippen LogP contribution in [-0.2, 0) is 21.2 Å². The number of aryl methyl sites for hydroxylation is 1. The molecule has 2 aromatic heterocycles. The smallest absolute Gasteiger partial charge is 0.271 e. The number of aromatic nitrogens is 1. The SMILES string of the molecule is Cc1nc(-c2cccc(NC(=O)Cc3ccc(NS(=O)(=O)c4cccs4)cc3)c2)cs1. The maximum absolute atomic E-state index is 12.5. The second-order valence-electron chi connectivity index (χ2n) is 6.79. The van der Waals surface area contributed by atoms with E-state index in [1.165, 1.54) is 0 Å². The number of benzene rings is 2. The molecule has 0 saturated heterocycles. The summed E-state index contributed by atoms with van der Waals surface area (Å²) in [5.74, 6) is -0.154. The van der Waals surface area contributed by atoms with Gasteiger partial charge in [0.1, 0.15) is 4.21 Å². The van der Waals surface area contributed by atoms with Crippen molar-refractivity contribution in [2.45, 2.75) is 17.6 Å². The van der Waals surface area contributed by atoms with Gasteiger partial charge in [-0.15, -0.1) is 22.7 Å². The Morgan fingerprint density at radius 1 is 1.00 bits per heavy atom. The van der Waals surface area contributed by atoms with Gasteiger partial charge in [0, 0.05) is 22.3 Å². The summed E-state index contributed by atoms with van der Waals surface area (Å²) in [5, 5.41) is 7.60. The second kappa shape index (κ2) is 9.01. The summed E-state index contributed by atoms with van der Waals surface area (Å²) in [6.45, 7) is 1.96. The average molecular weight is 470 g/mol. The maximum Gasteiger partial charge on any atom is 0.271 e. The molecule has 0 saturated carbocycles. The average Bonchev–Trinajstić information content (AvgIpc) is 3.42. The van der Waals surface area contributed by atoms with E-state index < -0.39 is 10.0 Å². The molecule has 0 aliphatic rings. The molecule has 0 bridgehead atoms. The lowest BCUT2D eigenvalue weighted by Crippen LogP contribution is -2.14. The predicted octanol–water partition coefficient (Wildman–Crippen LogP) is 5.16. The first-order valence-electron chi connectivity index (χ1n) is 9.37. The zero-order valence-corrected chi connectivity index (χ0v) is 19.0. The van der Waals surface area contributed by atoms with E-state index in [1.54, 1.807) is 53.1 Å². The number of carbonyl (C=O) groups is 1. The number of thiophene rings is 1. The molecule has 0 fully saturated rings. The Morgan fingerprint density at radius 3 is 2.48 bits per heavy atom. The minimum atomic E-state index is -3.59. The van der Waals surface area contributed by atoms with Crippen LogP contribution in [0, 0.1) is 6.92 Å². The van der Waals surface area contributed by atoms with Crippen molar-refractivity contribution in [2.75, 3.05) is 10.0 Å². The van der Waals surface area contributed by atoms with Crippen LogP contribution in [0.4, 0.5) is 11.4 Å². The Labute approximate surface area is 188 Å². The minimum absolute atomic E-state index is 0.154. The van der Waals surface area contributed by atoms with Gasteiger partial charge in [0.2, 0.25) is 5.91 Å². The fourth-order valence-electron chi connectivity index (χ4n) is 2.96. The lowest BCUT2D eigenvalue weighted by molar-refractivity contribution is -0.115. The molecular weight excluding hydrogens is 450 g/mol. The fraction of sp³-hybridized carbons (Fsp3) is 0.0909. The molecule has 31 heavy (non-hydrogen) atoms. The zero-order valence-electron chi connectivity index (χ0n) is 16.5. The van der Waals surface area contributed by atoms with Crippen molar-refractivity contribution in [1.82, 2.24) is 4.98 Å². The van der Waals surface area contributed by atoms with E-state index >= 15 is 0 Å². The van der Waals surface area contributed by atoms with Crippen molar-refractivity contribution in [3.8, 4) is 11.3 Å². The number of sulfonamides is 1. The molecular formula is C22H19N3O3S3. The van der Waals surface area contributed by atoms with E-state index in [1.807, 2.05) is 36.6 Å². The van der Waals surface area contributed by atoms with Crippen LogP contribution in [0.3, 0.4) is 0 Å². The maximum atomic E-state index is 12.5. The van der Waals surface area contributed by atoms with Gasteiger partial charge in [-0.25, -0.2) is 13.4 Å². The fourth-order valence-corrected chi connectivity index (χ4v) is 5.63. The van der Waals surface area contributed by atoms with Crippen molar-refractivity contribution in [3.05, 3.63) is 82.0 Å². The summed E-state index contributed by atoms with van der Waals surface area (Å²) in [6, 6.07) is 17.6. The van der Waals surface area contributed by atoms with Crippen molar-refractivity contribution in [2.24, 2.45) is 0 Å². The van der Waals surface area contributed by atoms with Crippen LogP contribution in [0.15, 0.2) is 75.6 Å². The number of carbonyl (C=O) groups excluding carboxylic acids is 1.